The lowest BCUT2D eigenvalue weighted by Crippen LogP contribution is -2.22. The summed E-state index contributed by atoms with van der Waals surface area (Å²) in [5.41, 5.74) is 0. The van der Waals surface area contributed by atoms with Gasteiger partial charge in [-0.15, -0.1) is 0 Å². The molecule has 0 amide bonds. The van der Waals surface area contributed by atoms with Crippen LogP contribution in [0, 0.1) is 0 Å². The molecular formula is C7H16N2. The van der Waals surface area contributed by atoms with Crippen LogP contribution >= 0.6 is 0 Å². The minimum Gasteiger partial charge on any atom is -0.315 e. The molecule has 0 aromatic rings. The Labute approximate surface area is 57.2 Å². The Morgan fingerprint density at radius 3 is 2.67 bits per heavy atom. The van der Waals surface area contributed by atoms with Gasteiger partial charge in [0, 0.05) is 26.2 Å². The summed E-state index contributed by atoms with van der Waals surface area (Å²) in [6.45, 7) is 8.45. The van der Waals surface area contributed by atoms with Crippen molar-refractivity contribution >= 4 is 0 Å². The van der Waals surface area contributed by atoms with Crippen LogP contribution in [0.4, 0.5) is 0 Å². The minimum absolute atomic E-state index is 1.17. The molecule has 1 N–H and O–H groups in total. The van der Waals surface area contributed by atoms with Crippen LogP contribution in [0.15, 0.2) is 0 Å². The van der Waals surface area contributed by atoms with Crippen LogP contribution in [0.5, 0.6) is 0 Å². The van der Waals surface area contributed by atoms with Gasteiger partial charge in [0.15, 0.2) is 0 Å². The van der Waals surface area contributed by atoms with Gasteiger partial charge < -0.3 is 5.32 Å². The van der Waals surface area contributed by atoms with Crippen molar-refractivity contribution in [2.75, 3.05) is 32.7 Å². The van der Waals surface area contributed by atoms with Crippen LogP contribution in [0.25, 0.3) is 0 Å². The average Bonchev–Trinajstić information content (AvgIpc) is 2.63. The van der Waals surface area contributed by atoms with Gasteiger partial charge in [0.1, 0.15) is 0 Å². The lowest BCUT2D eigenvalue weighted by Gasteiger charge is -2.01. The molecule has 0 aliphatic carbocycles. The van der Waals surface area contributed by atoms with E-state index in [-0.39, 0.29) is 0 Å². The lowest BCUT2D eigenvalue weighted by atomic mass is 10.5. The van der Waals surface area contributed by atoms with Crippen LogP contribution in [0.3, 0.4) is 0 Å². The summed E-state index contributed by atoms with van der Waals surface area (Å²) in [6, 6.07) is 0. The van der Waals surface area contributed by atoms with Crippen molar-refractivity contribution in [3.8, 4) is 0 Å². The summed E-state index contributed by atoms with van der Waals surface area (Å²) in [6.07, 6.45) is 1.25. The normalized spacial score (nSPS) is 18.3. The topological polar surface area (TPSA) is 15.0 Å². The number of hydrogen-bond acceptors (Lipinski definition) is 2. The van der Waals surface area contributed by atoms with Crippen molar-refractivity contribution in [2.45, 2.75) is 13.3 Å². The molecule has 2 nitrogen and oxygen atoms in total. The van der Waals surface area contributed by atoms with E-state index in [1.807, 2.05) is 0 Å². The minimum atomic E-state index is 1.17. The largest absolute Gasteiger partial charge is 0.315 e. The van der Waals surface area contributed by atoms with Crippen molar-refractivity contribution in [1.82, 2.24) is 10.2 Å². The number of rotatable bonds is 5. The fraction of sp³-hybridized carbons (Fsp3) is 1.00. The van der Waals surface area contributed by atoms with Gasteiger partial charge in [0.25, 0.3) is 0 Å². The standard InChI is InChI=1S/C7H16N2/c1-2-3-8-4-5-9-6-7-9/h8H,2-7H2,1H3. The van der Waals surface area contributed by atoms with Crippen molar-refractivity contribution in [3.05, 3.63) is 0 Å². The van der Waals surface area contributed by atoms with E-state index in [4.69, 9.17) is 0 Å². The van der Waals surface area contributed by atoms with Crippen LogP contribution in [0.1, 0.15) is 13.3 Å². The maximum Gasteiger partial charge on any atom is 0.0110 e. The number of nitrogens with zero attached hydrogens (tertiary/aromatic N) is 1. The molecule has 0 atom stereocenters. The molecule has 54 valence electrons. The zero-order valence-corrected chi connectivity index (χ0v) is 6.19. The zero-order chi connectivity index (χ0) is 6.53. The molecule has 2 heteroatoms. The Morgan fingerprint density at radius 2 is 2.11 bits per heavy atom. The second kappa shape index (κ2) is 3.85. The van der Waals surface area contributed by atoms with Gasteiger partial charge in [-0.2, -0.15) is 0 Å². The van der Waals surface area contributed by atoms with E-state index in [1.165, 1.54) is 39.1 Å². The first-order valence-electron chi connectivity index (χ1n) is 3.86. The molecule has 1 heterocycles. The predicted octanol–water partition coefficient (Wildman–Crippen LogP) is 0.302. The van der Waals surface area contributed by atoms with Crippen LogP contribution in [0.2, 0.25) is 0 Å². The van der Waals surface area contributed by atoms with Gasteiger partial charge in [-0.25, -0.2) is 0 Å². The van der Waals surface area contributed by atoms with Gasteiger partial charge in [0.05, 0.1) is 0 Å². The smallest absolute Gasteiger partial charge is 0.0110 e. The first-order valence-corrected chi connectivity index (χ1v) is 3.86. The van der Waals surface area contributed by atoms with E-state index in [0.29, 0.717) is 0 Å². The van der Waals surface area contributed by atoms with Gasteiger partial charge in [-0.3, -0.25) is 4.90 Å². The quantitative estimate of drug-likeness (QED) is 0.423. The summed E-state index contributed by atoms with van der Waals surface area (Å²) in [4.78, 5) is 2.43. The maximum absolute atomic E-state index is 3.36. The SMILES string of the molecule is CCCNCCN1CC1. The third-order valence-corrected chi connectivity index (χ3v) is 1.57. The summed E-state index contributed by atoms with van der Waals surface area (Å²) in [7, 11) is 0. The maximum atomic E-state index is 3.36. The molecule has 0 aromatic heterocycles. The second-order valence-corrected chi connectivity index (χ2v) is 2.59. The highest BCUT2D eigenvalue weighted by atomic mass is 15.3. The Hall–Kier alpha value is -0.0800. The monoisotopic (exact) mass is 128 g/mol. The molecule has 1 aliphatic heterocycles. The molecule has 0 aromatic carbocycles. The third kappa shape index (κ3) is 3.49. The average molecular weight is 128 g/mol. The van der Waals surface area contributed by atoms with E-state index in [2.05, 4.69) is 17.1 Å². The number of hydrogen-bond donors (Lipinski definition) is 1. The Bertz CT molecular complexity index is 69.3. The predicted molar refractivity (Wildman–Crippen MR) is 39.6 cm³/mol. The second-order valence-electron chi connectivity index (χ2n) is 2.59. The van der Waals surface area contributed by atoms with E-state index in [0.717, 1.165) is 0 Å². The van der Waals surface area contributed by atoms with Crippen molar-refractivity contribution in [3.63, 3.8) is 0 Å². The molecule has 1 saturated heterocycles. The van der Waals surface area contributed by atoms with Crippen molar-refractivity contribution in [1.29, 1.82) is 0 Å². The van der Waals surface area contributed by atoms with Gasteiger partial charge in [0.2, 0.25) is 0 Å². The van der Waals surface area contributed by atoms with Gasteiger partial charge in [-0.1, -0.05) is 6.92 Å². The highest BCUT2D eigenvalue weighted by molar-refractivity contribution is 4.72. The molecule has 0 saturated carbocycles. The highest BCUT2D eigenvalue weighted by Gasteiger charge is 2.14. The van der Waals surface area contributed by atoms with E-state index in [1.54, 1.807) is 0 Å². The highest BCUT2D eigenvalue weighted by Crippen LogP contribution is 1.99. The van der Waals surface area contributed by atoms with Crippen LogP contribution in [-0.2, 0) is 0 Å². The Morgan fingerprint density at radius 1 is 1.33 bits per heavy atom. The Kier molecular flexibility index (Phi) is 3.01. The van der Waals surface area contributed by atoms with Gasteiger partial charge in [-0.05, 0) is 13.0 Å². The van der Waals surface area contributed by atoms with Gasteiger partial charge >= 0.3 is 0 Å². The van der Waals surface area contributed by atoms with E-state index >= 15 is 0 Å². The van der Waals surface area contributed by atoms with Crippen molar-refractivity contribution in [2.24, 2.45) is 0 Å². The summed E-state index contributed by atoms with van der Waals surface area (Å²) >= 11 is 0. The molecular weight excluding hydrogens is 112 g/mol. The van der Waals surface area contributed by atoms with Crippen LogP contribution < -0.4 is 5.32 Å². The molecule has 0 radical (unpaired) electrons. The lowest BCUT2D eigenvalue weighted by molar-refractivity contribution is 0.521. The molecule has 1 fully saturated rings. The first kappa shape index (κ1) is 7.03. The fourth-order valence-corrected chi connectivity index (χ4v) is 0.833. The first-order chi connectivity index (χ1) is 4.43. The third-order valence-electron chi connectivity index (χ3n) is 1.57. The molecule has 9 heavy (non-hydrogen) atoms. The number of nitrogens with one attached hydrogen (secondary N) is 1. The zero-order valence-electron chi connectivity index (χ0n) is 6.19. The van der Waals surface area contributed by atoms with Crippen LogP contribution in [-0.4, -0.2) is 37.6 Å². The van der Waals surface area contributed by atoms with E-state index in [9.17, 15) is 0 Å². The van der Waals surface area contributed by atoms with Crippen molar-refractivity contribution < 1.29 is 0 Å². The molecule has 1 aliphatic rings. The Balaban J connectivity index is 1.71. The molecule has 0 unspecified atom stereocenters. The molecule has 0 bridgehead atoms. The van der Waals surface area contributed by atoms with E-state index < -0.39 is 0 Å². The summed E-state index contributed by atoms with van der Waals surface area (Å²) in [5.74, 6) is 0. The fourth-order valence-electron chi connectivity index (χ4n) is 0.833. The molecule has 0 spiro atoms. The summed E-state index contributed by atoms with van der Waals surface area (Å²) in [5, 5.41) is 3.36. The summed E-state index contributed by atoms with van der Waals surface area (Å²) < 4.78 is 0. The molecule has 1 rings (SSSR count).